The van der Waals surface area contributed by atoms with Gasteiger partial charge in [-0.05, 0) is 25.7 Å². The molecule has 0 aromatic carbocycles. The van der Waals surface area contributed by atoms with Crippen LogP contribution in [0.15, 0.2) is 0 Å². The van der Waals surface area contributed by atoms with E-state index in [1.165, 1.54) is 31.5 Å². The highest BCUT2D eigenvalue weighted by Crippen LogP contribution is 2.36. The second-order valence-corrected chi connectivity index (χ2v) is 5.74. The molecule has 0 radical (unpaired) electrons. The van der Waals surface area contributed by atoms with Gasteiger partial charge in [-0.2, -0.15) is 0 Å². The lowest BCUT2D eigenvalue weighted by Gasteiger charge is -2.33. The van der Waals surface area contributed by atoms with Crippen LogP contribution in [-0.2, 0) is 0 Å². The Kier molecular flexibility index (Phi) is 2.90. The van der Waals surface area contributed by atoms with E-state index in [4.69, 9.17) is 0 Å². The second-order valence-electron chi connectivity index (χ2n) is 5.74. The maximum Gasteiger partial charge on any atom is 0.136 e. The molecule has 4 heteroatoms. The minimum atomic E-state index is 0.597. The van der Waals surface area contributed by atoms with Crippen molar-refractivity contribution in [1.82, 2.24) is 20.1 Å². The lowest BCUT2D eigenvalue weighted by Crippen LogP contribution is -2.44. The van der Waals surface area contributed by atoms with E-state index in [2.05, 4.69) is 33.9 Å². The van der Waals surface area contributed by atoms with E-state index < -0.39 is 0 Å². The standard InChI is InChI=1S/C13H22N4/c1-9-3-5-11(6-4-9)13-16-15-10(2)17(13)12-7-14-8-12/h9,11-12,14H,3-8H2,1-2H3. The van der Waals surface area contributed by atoms with Gasteiger partial charge in [0.15, 0.2) is 0 Å². The van der Waals surface area contributed by atoms with Gasteiger partial charge in [0.25, 0.3) is 0 Å². The van der Waals surface area contributed by atoms with E-state index in [0.717, 1.165) is 24.8 Å². The largest absolute Gasteiger partial charge is 0.313 e. The van der Waals surface area contributed by atoms with Gasteiger partial charge in [-0.25, -0.2) is 0 Å². The van der Waals surface area contributed by atoms with Crippen molar-refractivity contribution in [1.29, 1.82) is 0 Å². The van der Waals surface area contributed by atoms with Crippen molar-refractivity contribution in [3.8, 4) is 0 Å². The molecule has 0 atom stereocenters. The molecule has 1 saturated heterocycles. The highest BCUT2D eigenvalue weighted by Gasteiger charge is 2.29. The molecule has 94 valence electrons. The van der Waals surface area contributed by atoms with Crippen LogP contribution in [0.5, 0.6) is 0 Å². The van der Waals surface area contributed by atoms with Crippen LogP contribution in [0.1, 0.15) is 56.2 Å². The minimum Gasteiger partial charge on any atom is -0.313 e. The van der Waals surface area contributed by atoms with E-state index in [1.54, 1.807) is 0 Å². The van der Waals surface area contributed by atoms with E-state index in [-0.39, 0.29) is 0 Å². The first-order chi connectivity index (χ1) is 8.25. The molecule has 3 rings (SSSR count). The zero-order valence-electron chi connectivity index (χ0n) is 10.8. The Balaban J connectivity index is 1.82. The summed E-state index contributed by atoms with van der Waals surface area (Å²) in [6.07, 6.45) is 5.28. The van der Waals surface area contributed by atoms with Gasteiger partial charge in [-0.1, -0.05) is 19.8 Å². The van der Waals surface area contributed by atoms with E-state index in [1.807, 2.05) is 0 Å². The molecule has 1 saturated carbocycles. The maximum atomic E-state index is 4.45. The summed E-state index contributed by atoms with van der Waals surface area (Å²) in [6.45, 7) is 6.60. The molecule has 1 N–H and O–H groups in total. The number of aromatic nitrogens is 3. The highest BCUT2D eigenvalue weighted by molar-refractivity contribution is 5.07. The van der Waals surface area contributed by atoms with Crippen LogP contribution in [0.3, 0.4) is 0 Å². The predicted molar refractivity (Wildman–Crippen MR) is 67.0 cm³/mol. The zero-order chi connectivity index (χ0) is 11.8. The Hall–Kier alpha value is -0.900. The monoisotopic (exact) mass is 234 g/mol. The third-order valence-electron chi connectivity index (χ3n) is 4.40. The Morgan fingerprint density at radius 1 is 1.12 bits per heavy atom. The summed E-state index contributed by atoms with van der Waals surface area (Å²) >= 11 is 0. The first kappa shape index (κ1) is 11.2. The fraction of sp³-hybridized carbons (Fsp3) is 0.846. The first-order valence-electron chi connectivity index (χ1n) is 6.88. The zero-order valence-corrected chi connectivity index (χ0v) is 10.8. The van der Waals surface area contributed by atoms with Crippen LogP contribution in [-0.4, -0.2) is 27.9 Å². The van der Waals surface area contributed by atoms with Gasteiger partial charge in [0, 0.05) is 19.0 Å². The smallest absolute Gasteiger partial charge is 0.136 e. The van der Waals surface area contributed by atoms with Crippen LogP contribution in [0, 0.1) is 12.8 Å². The van der Waals surface area contributed by atoms with Crippen molar-refractivity contribution < 1.29 is 0 Å². The van der Waals surface area contributed by atoms with Crippen molar-refractivity contribution in [2.75, 3.05) is 13.1 Å². The Morgan fingerprint density at radius 3 is 2.41 bits per heavy atom. The molecule has 1 aliphatic heterocycles. The number of rotatable bonds is 2. The molecule has 1 aromatic rings. The van der Waals surface area contributed by atoms with Gasteiger partial charge >= 0.3 is 0 Å². The van der Waals surface area contributed by atoms with E-state index in [9.17, 15) is 0 Å². The Morgan fingerprint density at radius 2 is 1.82 bits per heavy atom. The molecule has 17 heavy (non-hydrogen) atoms. The van der Waals surface area contributed by atoms with Crippen LogP contribution in [0.25, 0.3) is 0 Å². The van der Waals surface area contributed by atoms with E-state index in [0.29, 0.717) is 12.0 Å². The number of aryl methyl sites for hydroxylation is 1. The third kappa shape index (κ3) is 1.99. The molecular formula is C13H22N4. The topological polar surface area (TPSA) is 42.7 Å². The summed E-state index contributed by atoms with van der Waals surface area (Å²) in [5.41, 5.74) is 0. The van der Waals surface area contributed by atoms with Gasteiger partial charge in [0.05, 0.1) is 6.04 Å². The molecule has 4 nitrogen and oxygen atoms in total. The van der Waals surface area contributed by atoms with Gasteiger partial charge < -0.3 is 9.88 Å². The summed E-state index contributed by atoms with van der Waals surface area (Å²) < 4.78 is 2.39. The van der Waals surface area contributed by atoms with Gasteiger partial charge in [0.1, 0.15) is 11.6 Å². The average Bonchev–Trinajstić information content (AvgIpc) is 2.61. The normalized spacial score (nSPS) is 30.2. The quantitative estimate of drug-likeness (QED) is 0.851. The lowest BCUT2D eigenvalue weighted by atomic mass is 9.82. The molecule has 0 unspecified atom stereocenters. The van der Waals surface area contributed by atoms with Crippen LogP contribution in [0.2, 0.25) is 0 Å². The molecular weight excluding hydrogens is 212 g/mol. The molecule has 0 bridgehead atoms. The Labute approximate surface area is 103 Å². The van der Waals surface area contributed by atoms with Crippen molar-refractivity contribution in [2.24, 2.45) is 5.92 Å². The number of nitrogens with zero attached hydrogens (tertiary/aromatic N) is 3. The van der Waals surface area contributed by atoms with Crippen molar-refractivity contribution in [2.45, 2.75) is 51.5 Å². The molecule has 2 aliphatic rings. The second kappa shape index (κ2) is 4.41. The molecule has 1 aliphatic carbocycles. The third-order valence-corrected chi connectivity index (χ3v) is 4.40. The fourth-order valence-electron chi connectivity index (χ4n) is 3.09. The van der Waals surface area contributed by atoms with Gasteiger partial charge in [0.2, 0.25) is 0 Å². The van der Waals surface area contributed by atoms with Crippen LogP contribution in [0.4, 0.5) is 0 Å². The Bertz CT molecular complexity index is 386. The lowest BCUT2D eigenvalue weighted by molar-refractivity contribution is 0.296. The molecule has 2 fully saturated rings. The number of hydrogen-bond donors (Lipinski definition) is 1. The summed E-state index contributed by atoms with van der Waals surface area (Å²) in [5, 5.41) is 12.1. The maximum absolute atomic E-state index is 4.45. The summed E-state index contributed by atoms with van der Waals surface area (Å²) in [6, 6.07) is 0.597. The predicted octanol–water partition coefficient (Wildman–Crippen LogP) is 2.02. The first-order valence-corrected chi connectivity index (χ1v) is 6.88. The van der Waals surface area contributed by atoms with Gasteiger partial charge in [-0.3, -0.25) is 0 Å². The van der Waals surface area contributed by atoms with Crippen molar-refractivity contribution in [3.05, 3.63) is 11.6 Å². The molecule has 0 spiro atoms. The van der Waals surface area contributed by atoms with Crippen molar-refractivity contribution >= 4 is 0 Å². The SMILES string of the molecule is Cc1nnc(C2CCC(C)CC2)n1C1CNC1. The minimum absolute atomic E-state index is 0.597. The average molecular weight is 234 g/mol. The van der Waals surface area contributed by atoms with E-state index >= 15 is 0 Å². The van der Waals surface area contributed by atoms with Crippen LogP contribution < -0.4 is 5.32 Å². The molecule has 2 heterocycles. The summed E-state index contributed by atoms with van der Waals surface area (Å²) in [7, 11) is 0. The van der Waals surface area contributed by atoms with Gasteiger partial charge in [-0.15, -0.1) is 10.2 Å². The van der Waals surface area contributed by atoms with Crippen LogP contribution >= 0.6 is 0 Å². The highest BCUT2D eigenvalue weighted by atomic mass is 15.3. The fourth-order valence-corrected chi connectivity index (χ4v) is 3.09. The molecule has 0 amide bonds. The summed E-state index contributed by atoms with van der Waals surface area (Å²) in [4.78, 5) is 0. The summed E-state index contributed by atoms with van der Waals surface area (Å²) in [5.74, 6) is 3.88. The number of hydrogen-bond acceptors (Lipinski definition) is 3. The molecule has 1 aromatic heterocycles. The number of nitrogens with one attached hydrogen (secondary N) is 1. The van der Waals surface area contributed by atoms with Crippen molar-refractivity contribution in [3.63, 3.8) is 0 Å².